The van der Waals surface area contributed by atoms with Gasteiger partial charge in [-0.2, -0.15) is 5.10 Å². The topological polar surface area (TPSA) is 81.0 Å². The minimum atomic E-state index is -0.626. The standard InChI is InChI=1S/C12H15N3O2/c1-7-8(5-10(13)12(16)17-2)3-4-9-6-14-15-11(7)9/h3-4,6,10H,5,13H2,1-2H3,(H,14,15)/t10-/m0/s1. The van der Waals surface area contributed by atoms with Gasteiger partial charge in [0.2, 0.25) is 0 Å². The number of carbonyl (C=O) groups excluding carboxylic acids is 1. The minimum absolute atomic E-state index is 0.394. The molecule has 17 heavy (non-hydrogen) atoms. The number of ether oxygens (including phenoxy) is 1. The van der Waals surface area contributed by atoms with Crippen molar-refractivity contribution in [1.29, 1.82) is 0 Å². The van der Waals surface area contributed by atoms with Gasteiger partial charge in [-0.15, -0.1) is 0 Å². The van der Waals surface area contributed by atoms with Gasteiger partial charge in [0.25, 0.3) is 0 Å². The van der Waals surface area contributed by atoms with Crippen LogP contribution in [0.15, 0.2) is 18.3 Å². The molecule has 0 radical (unpaired) electrons. The zero-order valence-corrected chi connectivity index (χ0v) is 9.86. The lowest BCUT2D eigenvalue weighted by atomic mass is 9.99. The van der Waals surface area contributed by atoms with E-state index in [9.17, 15) is 4.79 Å². The van der Waals surface area contributed by atoms with Crippen LogP contribution >= 0.6 is 0 Å². The summed E-state index contributed by atoms with van der Waals surface area (Å²) in [6.45, 7) is 1.99. The average molecular weight is 233 g/mol. The van der Waals surface area contributed by atoms with Crippen LogP contribution < -0.4 is 5.73 Å². The number of rotatable bonds is 3. The summed E-state index contributed by atoms with van der Waals surface area (Å²) in [4.78, 5) is 11.3. The average Bonchev–Trinajstić information content (AvgIpc) is 2.80. The Kier molecular flexibility index (Phi) is 3.10. The van der Waals surface area contributed by atoms with E-state index < -0.39 is 12.0 Å². The zero-order valence-electron chi connectivity index (χ0n) is 9.86. The van der Waals surface area contributed by atoms with Gasteiger partial charge in [-0.1, -0.05) is 12.1 Å². The van der Waals surface area contributed by atoms with Crippen molar-refractivity contribution in [3.63, 3.8) is 0 Å². The summed E-state index contributed by atoms with van der Waals surface area (Å²) in [6, 6.07) is 3.31. The quantitative estimate of drug-likeness (QED) is 0.772. The van der Waals surface area contributed by atoms with Crippen molar-refractivity contribution in [1.82, 2.24) is 10.2 Å². The summed E-state index contributed by atoms with van der Waals surface area (Å²) in [7, 11) is 1.34. The Bertz CT molecular complexity index is 548. The lowest BCUT2D eigenvalue weighted by Gasteiger charge is -2.11. The highest BCUT2D eigenvalue weighted by molar-refractivity contribution is 5.82. The summed E-state index contributed by atoms with van der Waals surface area (Å²) >= 11 is 0. The molecule has 0 aliphatic carbocycles. The summed E-state index contributed by atoms with van der Waals surface area (Å²) in [5.41, 5.74) is 8.83. The highest BCUT2D eigenvalue weighted by Gasteiger charge is 2.16. The molecule has 1 aromatic heterocycles. The molecular weight excluding hydrogens is 218 g/mol. The lowest BCUT2D eigenvalue weighted by Crippen LogP contribution is -2.33. The van der Waals surface area contributed by atoms with E-state index in [1.54, 1.807) is 6.20 Å². The van der Waals surface area contributed by atoms with Crippen LogP contribution in [0.1, 0.15) is 11.1 Å². The molecule has 1 heterocycles. The number of hydrogen-bond acceptors (Lipinski definition) is 4. The van der Waals surface area contributed by atoms with Crippen LogP contribution in [0.5, 0.6) is 0 Å². The Hall–Kier alpha value is -1.88. The van der Waals surface area contributed by atoms with Crippen LogP contribution in [0, 0.1) is 6.92 Å². The van der Waals surface area contributed by atoms with Gasteiger partial charge >= 0.3 is 5.97 Å². The Morgan fingerprint density at radius 1 is 1.59 bits per heavy atom. The minimum Gasteiger partial charge on any atom is -0.468 e. The van der Waals surface area contributed by atoms with E-state index in [2.05, 4.69) is 14.9 Å². The molecule has 0 unspecified atom stereocenters. The molecule has 0 fully saturated rings. The van der Waals surface area contributed by atoms with E-state index in [0.29, 0.717) is 6.42 Å². The number of aryl methyl sites for hydroxylation is 1. The Morgan fingerprint density at radius 2 is 2.35 bits per heavy atom. The van der Waals surface area contributed by atoms with Crippen LogP contribution in [-0.4, -0.2) is 29.3 Å². The molecule has 2 aromatic rings. The Balaban J connectivity index is 2.30. The Labute approximate surface area is 98.9 Å². The molecular formula is C12H15N3O2. The number of aromatic nitrogens is 2. The first kappa shape index (κ1) is 11.6. The number of methoxy groups -OCH3 is 1. The summed E-state index contributed by atoms with van der Waals surface area (Å²) in [5, 5.41) is 7.98. The van der Waals surface area contributed by atoms with Crippen molar-refractivity contribution in [3.8, 4) is 0 Å². The van der Waals surface area contributed by atoms with Gasteiger partial charge in [0.05, 0.1) is 18.8 Å². The first-order chi connectivity index (χ1) is 8.13. The smallest absolute Gasteiger partial charge is 0.322 e. The molecule has 0 aliphatic heterocycles. The van der Waals surface area contributed by atoms with Crippen molar-refractivity contribution in [3.05, 3.63) is 29.5 Å². The maximum atomic E-state index is 11.3. The van der Waals surface area contributed by atoms with E-state index in [0.717, 1.165) is 22.0 Å². The normalized spacial score (nSPS) is 12.6. The molecule has 0 amide bonds. The molecule has 2 rings (SSSR count). The van der Waals surface area contributed by atoms with Gasteiger partial charge in [0, 0.05) is 5.39 Å². The molecule has 0 bridgehead atoms. The van der Waals surface area contributed by atoms with Crippen LogP contribution in [-0.2, 0) is 16.0 Å². The highest BCUT2D eigenvalue weighted by Crippen LogP contribution is 2.20. The molecule has 5 heteroatoms. The van der Waals surface area contributed by atoms with Crippen molar-refractivity contribution >= 4 is 16.9 Å². The molecule has 0 spiro atoms. The first-order valence-electron chi connectivity index (χ1n) is 5.38. The zero-order chi connectivity index (χ0) is 12.4. The number of benzene rings is 1. The number of fused-ring (bicyclic) bond motifs is 1. The van der Waals surface area contributed by atoms with Gasteiger partial charge in [-0.05, 0) is 24.5 Å². The van der Waals surface area contributed by atoms with E-state index in [-0.39, 0.29) is 0 Å². The van der Waals surface area contributed by atoms with Gasteiger partial charge in [0.15, 0.2) is 0 Å². The molecule has 5 nitrogen and oxygen atoms in total. The van der Waals surface area contributed by atoms with Crippen LogP contribution in [0.3, 0.4) is 0 Å². The number of aromatic amines is 1. The number of carbonyl (C=O) groups is 1. The molecule has 1 aromatic carbocycles. The molecule has 3 N–H and O–H groups in total. The van der Waals surface area contributed by atoms with Crippen LogP contribution in [0.25, 0.3) is 10.9 Å². The summed E-state index contributed by atoms with van der Waals surface area (Å²) in [5.74, 6) is -0.394. The van der Waals surface area contributed by atoms with Crippen LogP contribution in [0.4, 0.5) is 0 Å². The van der Waals surface area contributed by atoms with Gasteiger partial charge < -0.3 is 10.5 Å². The van der Waals surface area contributed by atoms with Gasteiger partial charge in [-0.3, -0.25) is 9.89 Å². The number of hydrogen-bond donors (Lipinski definition) is 2. The molecule has 0 saturated heterocycles. The second-order valence-electron chi connectivity index (χ2n) is 4.02. The SMILES string of the molecule is COC(=O)[C@@H](N)Cc1ccc2cn[nH]c2c1C. The van der Waals surface area contributed by atoms with Crippen molar-refractivity contribution < 1.29 is 9.53 Å². The number of esters is 1. The van der Waals surface area contributed by atoms with Crippen molar-refractivity contribution in [2.24, 2.45) is 5.73 Å². The fraction of sp³-hybridized carbons (Fsp3) is 0.333. The molecule has 90 valence electrons. The summed E-state index contributed by atoms with van der Waals surface area (Å²) < 4.78 is 4.61. The van der Waals surface area contributed by atoms with Crippen molar-refractivity contribution in [2.75, 3.05) is 7.11 Å². The second-order valence-corrected chi connectivity index (χ2v) is 4.02. The van der Waals surface area contributed by atoms with Crippen molar-refractivity contribution in [2.45, 2.75) is 19.4 Å². The third-order valence-corrected chi connectivity index (χ3v) is 2.93. The van der Waals surface area contributed by atoms with E-state index in [1.807, 2.05) is 19.1 Å². The van der Waals surface area contributed by atoms with Gasteiger partial charge in [-0.25, -0.2) is 0 Å². The van der Waals surface area contributed by atoms with Crippen LogP contribution in [0.2, 0.25) is 0 Å². The monoisotopic (exact) mass is 233 g/mol. The number of H-pyrrole nitrogens is 1. The fourth-order valence-electron chi connectivity index (χ4n) is 1.89. The number of nitrogens with two attached hydrogens (primary N) is 1. The predicted octanol–water partition coefficient (Wildman–Crippen LogP) is 0.914. The predicted molar refractivity (Wildman–Crippen MR) is 64.5 cm³/mol. The van der Waals surface area contributed by atoms with Gasteiger partial charge in [0.1, 0.15) is 6.04 Å². The molecule has 0 aliphatic rings. The summed E-state index contributed by atoms with van der Waals surface area (Å²) in [6.07, 6.45) is 2.24. The molecule has 1 atom stereocenters. The largest absolute Gasteiger partial charge is 0.468 e. The van der Waals surface area contributed by atoms with E-state index >= 15 is 0 Å². The fourth-order valence-corrected chi connectivity index (χ4v) is 1.89. The third kappa shape index (κ3) is 2.14. The molecule has 0 saturated carbocycles. The second kappa shape index (κ2) is 4.55. The number of nitrogens with zero attached hydrogens (tertiary/aromatic N) is 1. The van der Waals surface area contributed by atoms with E-state index in [1.165, 1.54) is 7.11 Å². The number of nitrogens with one attached hydrogen (secondary N) is 1. The van der Waals surface area contributed by atoms with E-state index in [4.69, 9.17) is 5.73 Å². The Morgan fingerprint density at radius 3 is 3.06 bits per heavy atom. The third-order valence-electron chi connectivity index (χ3n) is 2.93. The highest BCUT2D eigenvalue weighted by atomic mass is 16.5. The first-order valence-corrected chi connectivity index (χ1v) is 5.38. The lowest BCUT2D eigenvalue weighted by molar-refractivity contribution is -0.142. The maximum Gasteiger partial charge on any atom is 0.322 e. The maximum absolute atomic E-state index is 11.3.